The van der Waals surface area contributed by atoms with Gasteiger partial charge in [0.15, 0.2) is 0 Å². The van der Waals surface area contributed by atoms with Gasteiger partial charge in [0.1, 0.15) is 0 Å². The molecule has 0 aromatic heterocycles. The minimum Gasteiger partial charge on any atom is -0.393 e. The van der Waals surface area contributed by atoms with Crippen LogP contribution in [0.2, 0.25) is 0 Å². The van der Waals surface area contributed by atoms with Gasteiger partial charge in [-0.1, -0.05) is 30.3 Å². The van der Waals surface area contributed by atoms with Crippen LogP contribution in [-0.2, 0) is 11.2 Å². The van der Waals surface area contributed by atoms with Crippen molar-refractivity contribution in [2.45, 2.75) is 18.9 Å². The lowest BCUT2D eigenvalue weighted by Gasteiger charge is -2.25. The topological polar surface area (TPSA) is 29.5 Å². The van der Waals surface area contributed by atoms with E-state index >= 15 is 0 Å². The van der Waals surface area contributed by atoms with Gasteiger partial charge in [0.05, 0.1) is 12.2 Å². The van der Waals surface area contributed by atoms with Gasteiger partial charge < -0.3 is 9.84 Å². The summed E-state index contributed by atoms with van der Waals surface area (Å²) < 4.78 is 5.24. The molecular formula is C11H16O2. The van der Waals surface area contributed by atoms with E-state index in [4.69, 9.17) is 9.84 Å². The number of aliphatic hydroxyl groups excluding tert-OH is 1. The van der Waals surface area contributed by atoms with E-state index in [2.05, 4.69) is 0 Å². The Morgan fingerprint density at radius 3 is 2.38 bits per heavy atom. The molecule has 2 nitrogen and oxygen atoms in total. The normalized spacial score (nSPS) is 15.3. The van der Waals surface area contributed by atoms with Crippen LogP contribution in [0.3, 0.4) is 0 Å². The van der Waals surface area contributed by atoms with Gasteiger partial charge in [-0.2, -0.15) is 0 Å². The summed E-state index contributed by atoms with van der Waals surface area (Å²) in [4.78, 5) is 0. The minimum absolute atomic E-state index is 0.0401. The molecule has 0 saturated carbocycles. The lowest BCUT2D eigenvalue weighted by Crippen LogP contribution is -2.34. The molecule has 1 aromatic rings. The molecule has 0 aliphatic rings. The van der Waals surface area contributed by atoms with E-state index in [1.54, 1.807) is 7.11 Å². The molecule has 1 atom stereocenters. The van der Waals surface area contributed by atoms with Gasteiger partial charge >= 0.3 is 0 Å². The highest BCUT2D eigenvalue weighted by Crippen LogP contribution is 2.15. The first-order valence-electron chi connectivity index (χ1n) is 4.40. The molecule has 0 bridgehead atoms. The first kappa shape index (κ1) is 10.2. The Morgan fingerprint density at radius 2 is 1.92 bits per heavy atom. The Labute approximate surface area is 79.2 Å². The second-order valence-corrected chi connectivity index (χ2v) is 3.47. The van der Waals surface area contributed by atoms with Crippen molar-refractivity contribution in [1.82, 2.24) is 0 Å². The fraction of sp³-hybridized carbons (Fsp3) is 0.455. The van der Waals surface area contributed by atoms with Gasteiger partial charge in [-0.15, -0.1) is 0 Å². The molecule has 13 heavy (non-hydrogen) atoms. The highest BCUT2D eigenvalue weighted by atomic mass is 16.5. The lowest BCUT2D eigenvalue weighted by molar-refractivity contribution is -0.0368. The van der Waals surface area contributed by atoms with Gasteiger partial charge in [0, 0.05) is 13.5 Å². The van der Waals surface area contributed by atoms with E-state index in [1.165, 1.54) is 5.56 Å². The molecule has 1 rings (SSSR count). The van der Waals surface area contributed by atoms with Crippen LogP contribution >= 0.6 is 0 Å². The van der Waals surface area contributed by atoms with E-state index in [1.807, 2.05) is 37.3 Å². The average molecular weight is 180 g/mol. The lowest BCUT2D eigenvalue weighted by atomic mass is 9.97. The molecule has 0 heterocycles. The van der Waals surface area contributed by atoms with E-state index in [-0.39, 0.29) is 6.61 Å². The highest BCUT2D eigenvalue weighted by Gasteiger charge is 2.22. The second kappa shape index (κ2) is 4.40. The number of hydrogen-bond acceptors (Lipinski definition) is 2. The summed E-state index contributed by atoms with van der Waals surface area (Å²) in [5.74, 6) is 0. The van der Waals surface area contributed by atoms with Crippen molar-refractivity contribution in [3.63, 3.8) is 0 Å². The molecule has 2 heteroatoms. The van der Waals surface area contributed by atoms with Gasteiger partial charge in [-0.05, 0) is 12.5 Å². The number of aliphatic hydroxyl groups is 1. The van der Waals surface area contributed by atoms with Crippen molar-refractivity contribution < 1.29 is 9.84 Å². The third-order valence-electron chi connectivity index (χ3n) is 2.25. The van der Waals surface area contributed by atoms with Crippen LogP contribution in [0.1, 0.15) is 12.5 Å². The molecule has 0 fully saturated rings. The van der Waals surface area contributed by atoms with Gasteiger partial charge in [-0.25, -0.2) is 0 Å². The molecule has 0 aliphatic heterocycles. The first-order valence-corrected chi connectivity index (χ1v) is 4.40. The quantitative estimate of drug-likeness (QED) is 0.763. The van der Waals surface area contributed by atoms with Crippen LogP contribution in [0.5, 0.6) is 0 Å². The van der Waals surface area contributed by atoms with E-state index in [0.717, 1.165) is 6.42 Å². The smallest absolute Gasteiger partial charge is 0.0920 e. The molecule has 1 N–H and O–H groups in total. The largest absolute Gasteiger partial charge is 0.393 e. The zero-order valence-corrected chi connectivity index (χ0v) is 8.16. The number of rotatable bonds is 4. The van der Waals surface area contributed by atoms with Crippen LogP contribution in [0.4, 0.5) is 0 Å². The Kier molecular flexibility index (Phi) is 3.46. The summed E-state index contributed by atoms with van der Waals surface area (Å²) in [5.41, 5.74) is 0.724. The van der Waals surface area contributed by atoms with E-state index in [0.29, 0.717) is 0 Å². The standard InChI is InChI=1S/C11H16O2/c1-11(9-12,13-2)8-10-6-4-3-5-7-10/h3-7,12H,8-9H2,1-2H3. The predicted octanol–water partition coefficient (Wildman–Crippen LogP) is 1.63. The van der Waals surface area contributed by atoms with Crippen molar-refractivity contribution >= 4 is 0 Å². The minimum atomic E-state index is -0.457. The number of methoxy groups -OCH3 is 1. The monoisotopic (exact) mass is 180 g/mol. The fourth-order valence-corrected chi connectivity index (χ4v) is 1.22. The average Bonchev–Trinajstić information content (AvgIpc) is 2.19. The van der Waals surface area contributed by atoms with E-state index < -0.39 is 5.60 Å². The fourth-order valence-electron chi connectivity index (χ4n) is 1.22. The molecule has 1 aromatic carbocycles. The van der Waals surface area contributed by atoms with Crippen molar-refractivity contribution in [3.8, 4) is 0 Å². The predicted molar refractivity (Wildman–Crippen MR) is 52.6 cm³/mol. The van der Waals surface area contributed by atoms with Crippen molar-refractivity contribution in [3.05, 3.63) is 35.9 Å². The summed E-state index contributed by atoms with van der Waals surface area (Å²) in [7, 11) is 1.62. The van der Waals surface area contributed by atoms with Crippen LogP contribution in [0.15, 0.2) is 30.3 Å². The molecule has 0 aliphatic carbocycles. The first-order chi connectivity index (χ1) is 6.20. The van der Waals surface area contributed by atoms with Crippen LogP contribution in [-0.4, -0.2) is 24.4 Å². The summed E-state index contributed by atoms with van der Waals surface area (Å²) in [6.07, 6.45) is 0.737. The Hall–Kier alpha value is -0.860. The highest BCUT2D eigenvalue weighted by molar-refractivity contribution is 5.16. The molecular weight excluding hydrogens is 164 g/mol. The molecule has 72 valence electrons. The molecule has 0 spiro atoms. The molecule has 0 saturated heterocycles. The second-order valence-electron chi connectivity index (χ2n) is 3.47. The van der Waals surface area contributed by atoms with Crippen LogP contribution < -0.4 is 0 Å². The van der Waals surface area contributed by atoms with Crippen molar-refractivity contribution in [2.75, 3.05) is 13.7 Å². The summed E-state index contributed by atoms with van der Waals surface area (Å²) in [5, 5.41) is 9.12. The molecule has 0 amide bonds. The number of ether oxygens (including phenoxy) is 1. The van der Waals surface area contributed by atoms with Gasteiger partial charge in [0.2, 0.25) is 0 Å². The maximum Gasteiger partial charge on any atom is 0.0920 e. The summed E-state index contributed by atoms with van der Waals surface area (Å²) in [6.45, 7) is 1.94. The zero-order valence-electron chi connectivity index (χ0n) is 8.16. The third-order valence-corrected chi connectivity index (χ3v) is 2.25. The molecule has 0 radical (unpaired) electrons. The third kappa shape index (κ3) is 2.83. The van der Waals surface area contributed by atoms with Crippen LogP contribution in [0, 0.1) is 0 Å². The molecule has 1 unspecified atom stereocenters. The van der Waals surface area contributed by atoms with Crippen molar-refractivity contribution in [2.24, 2.45) is 0 Å². The summed E-state index contributed by atoms with van der Waals surface area (Å²) >= 11 is 0. The number of hydrogen-bond donors (Lipinski definition) is 1. The van der Waals surface area contributed by atoms with Gasteiger partial charge in [0.25, 0.3) is 0 Å². The Bertz CT molecular complexity index is 240. The van der Waals surface area contributed by atoms with Gasteiger partial charge in [-0.3, -0.25) is 0 Å². The maximum atomic E-state index is 9.12. The Morgan fingerprint density at radius 1 is 1.31 bits per heavy atom. The summed E-state index contributed by atoms with van der Waals surface area (Å²) in [6, 6.07) is 10.0. The van der Waals surface area contributed by atoms with E-state index in [9.17, 15) is 0 Å². The SMILES string of the molecule is COC(C)(CO)Cc1ccccc1. The Balaban J connectivity index is 2.68. The van der Waals surface area contributed by atoms with Crippen molar-refractivity contribution in [1.29, 1.82) is 0 Å². The number of benzene rings is 1. The van der Waals surface area contributed by atoms with Crippen LogP contribution in [0.25, 0.3) is 0 Å². The maximum absolute atomic E-state index is 9.12. The zero-order chi connectivity index (χ0) is 9.73.